The van der Waals surface area contributed by atoms with Gasteiger partial charge in [-0.3, -0.25) is 4.79 Å². The SMILES string of the molecule is Cc1nc(/C=C/C(=O)N2CCCC2)cs1. The minimum Gasteiger partial charge on any atom is -0.339 e. The van der Waals surface area contributed by atoms with Crippen LogP contribution < -0.4 is 0 Å². The number of nitrogens with zero attached hydrogens (tertiary/aromatic N) is 2. The van der Waals surface area contributed by atoms with E-state index in [1.165, 1.54) is 0 Å². The van der Waals surface area contributed by atoms with Gasteiger partial charge in [-0.25, -0.2) is 4.98 Å². The molecule has 0 radical (unpaired) electrons. The molecule has 80 valence electrons. The summed E-state index contributed by atoms with van der Waals surface area (Å²) in [5, 5.41) is 2.99. The Labute approximate surface area is 93.4 Å². The summed E-state index contributed by atoms with van der Waals surface area (Å²) in [6, 6.07) is 0. The summed E-state index contributed by atoms with van der Waals surface area (Å²) in [5.74, 6) is 0.109. The first-order valence-electron chi connectivity index (χ1n) is 5.15. The van der Waals surface area contributed by atoms with E-state index in [4.69, 9.17) is 0 Å². The molecule has 1 aliphatic rings. The molecule has 0 N–H and O–H groups in total. The van der Waals surface area contributed by atoms with Crippen molar-refractivity contribution in [2.75, 3.05) is 13.1 Å². The molecule has 0 spiro atoms. The number of amides is 1. The van der Waals surface area contributed by atoms with Crippen molar-refractivity contribution >= 4 is 23.3 Å². The van der Waals surface area contributed by atoms with Crippen LogP contribution in [0.1, 0.15) is 23.5 Å². The summed E-state index contributed by atoms with van der Waals surface area (Å²) in [5.41, 5.74) is 0.880. The molecule has 0 aromatic carbocycles. The Kier molecular flexibility index (Phi) is 3.16. The van der Waals surface area contributed by atoms with E-state index in [9.17, 15) is 4.79 Å². The van der Waals surface area contributed by atoms with Gasteiger partial charge in [-0.2, -0.15) is 0 Å². The van der Waals surface area contributed by atoms with Crippen molar-refractivity contribution in [2.45, 2.75) is 19.8 Å². The van der Waals surface area contributed by atoms with Gasteiger partial charge in [-0.15, -0.1) is 11.3 Å². The van der Waals surface area contributed by atoms with Crippen molar-refractivity contribution < 1.29 is 4.79 Å². The minimum atomic E-state index is 0.109. The summed E-state index contributed by atoms with van der Waals surface area (Å²) >= 11 is 1.60. The van der Waals surface area contributed by atoms with E-state index in [1.54, 1.807) is 23.5 Å². The molecule has 0 bridgehead atoms. The molecular weight excluding hydrogens is 208 g/mol. The molecule has 1 aromatic heterocycles. The monoisotopic (exact) mass is 222 g/mol. The van der Waals surface area contributed by atoms with Crippen LogP contribution in [0.15, 0.2) is 11.5 Å². The van der Waals surface area contributed by atoms with Gasteiger partial charge >= 0.3 is 0 Å². The zero-order chi connectivity index (χ0) is 10.7. The number of hydrogen-bond donors (Lipinski definition) is 0. The summed E-state index contributed by atoms with van der Waals surface area (Å²) < 4.78 is 0. The molecule has 4 heteroatoms. The van der Waals surface area contributed by atoms with Crippen LogP contribution in [0, 0.1) is 6.92 Å². The third-order valence-corrected chi connectivity index (χ3v) is 3.24. The van der Waals surface area contributed by atoms with Gasteiger partial charge < -0.3 is 4.90 Å². The van der Waals surface area contributed by atoms with E-state index in [-0.39, 0.29) is 5.91 Å². The summed E-state index contributed by atoms with van der Waals surface area (Å²) in [6.07, 6.45) is 5.69. The van der Waals surface area contributed by atoms with Crippen molar-refractivity contribution in [1.82, 2.24) is 9.88 Å². The quantitative estimate of drug-likeness (QED) is 0.718. The minimum absolute atomic E-state index is 0.109. The van der Waals surface area contributed by atoms with Crippen LogP contribution in [0.2, 0.25) is 0 Å². The standard InChI is InChI=1S/C11H14N2OS/c1-9-12-10(8-15-9)4-5-11(14)13-6-2-3-7-13/h4-5,8H,2-3,6-7H2,1H3/b5-4+. The van der Waals surface area contributed by atoms with Crippen LogP contribution in [0.25, 0.3) is 6.08 Å². The predicted octanol–water partition coefficient (Wildman–Crippen LogP) is 2.09. The Morgan fingerprint density at radius 2 is 2.27 bits per heavy atom. The topological polar surface area (TPSA) is 33.2 Å². The fourth-order valence-electron chi connectivity index (χ4n) is 1.66. The second kappa shape index (κ2) is 4.57. The first kappa shape index (κ1) is 10.4. The van der Waals surface area contributed by atoms with Crippen LogP contribution >= 0.6 is 11.3 Å². The van der Waals surface area contributed by atoms with Crippen LogP contribution in [0.5, 0.6) is 0 Å². The second-order valence-corrected chi connectivity index (χ2v) is 4.72. The Morgan fingerprint density at radius 1 is 1.53 bits per heavy atom. The Morgan fingerprint density at radius 3 is 2.87 bits per heavy atom. The van der Waals surface area contributed by atoms with Gasteiger partial charge in [0.25, 0.3) is 0 Å². The van der Waals surface area contributed by atoms with E-state index in [1.807, 2.05) is 17.2 Å². The molecule has 2 heterocycles. The fraction of sp³-hybridized carbons (Fsp3) is 0.455. The zero-order valence-electron chi connectivity index (χ0n) is 8.77. The largest absolute Gasteiger partial charge is 0.339 e. The van der Waals surface area contributed by atoms with Crippen molar-refractivity contribution in [3.8, 4) is 0 Å². The third-order valence-electron chi connectivity index (χ3n) is 2.45. The van der Waals surface area contributed by atoms with E-state index in [0.29, 0.717) is 0 Å². The Hall–Kier alpha value is -1.16. The first-order valence-corrected chi connectivity index (χ1v) is 6.03. The molecule has 0 atom stereocenters. The van der Waals surface area contributed by atoms with Gasteiger partial charge in [-0.05, 0) is 25.8 Å². The molecule has 1 aliphatic heterocycles. The number of thiazole rings is 1. The summed E-state index contributed by atoms with van der Waals surface area (Å²) in [7, 11) is 0. The third kappa shape index (κ3) is 2.65. The van der Waals surface area contributed by atoms with Gasteiger partial charge in [0.15, 0.2) is 0 Å². The smallest absolute Gasteiger partial charge is 0.246 e. The van der Waals surface area contributed by atoms with Gasteiger partial charge in [-0.1, -0.05) is 0 Å². The number of likely N-dealkylation sites (tertiary alicyclic amines) is 1. The fourth-order valence-corrected chi connectivity index (χ4v) is 2.24. The highest BCUT2D eigenvalue weighted by atomic mass is 32.1. The second-order valence-electron chi connectivity index (χ2n) is 3.66. The molecule has 0 unspecified atom stereocenters. The molecule has 15 heavy (non-hydrogen) atoms. The number of aromatic nitrogens is 1. The van der Waals surface area contributed by atoms with E-state index in [2.05, 4.69) is 4.98 Å². The summed E-state index contributed by atoms with van der Waals surface area (Å²) in [6.45, 7) is 3.77. The molecule has 1 aromatic rings. The van der Waals surface area contributed by atoms with Crippen LogP contribution in [-0.2, 0) is 4.79 Å². The molecule has 1 fully saturated rings. The molecule has 2 rings (SSSR count). The number of carbonyl (C=O) groups is 1. The highest BCUT2D eigenvalue weighted by Gasteiger charge is 2.14. The molecule has 1 amide bonds. The molecule has 1 saturated heterocycles. The predicted molar refractivity (Wildman–Crippen MR) is 61.7 cm³/mol. The maximum Gasteiger partial charge on any atom is 0.246 e. The van der Waals surface area contributed by atoms with Gasteiger partial charge in [0.2, 0.25) is 5.91 Å². The van der Waals surface area contributed by atoms with Gasteiger partial charge in [0.1, 0.15) is 0 Å². The Bertz CT molecular complexity index is 378. The average molecular weight is 222 g/mol. The molecule has 0 aliphatic carbocycles. The normalized spacial score (nSPS) is 16.5. The number of rotatable bonds is 2. The van der Waals surface area contributed by atoms with Crippen molar-refractivity contribution in [3.63, 3.8) is 0 Å². The molecule has 3 nitrogen and oxygen atoms in total. The highest BCUT2D eigenvalue weighted by molar-refractivity contribution is 7.09. The van der Waals surface area contributed by atoms with E-state index >= 15 is 0 Å². The highest BCUT2D eigenvalue weighted by Crippen LogP contribution is 2.11. The lowest BCUT2D eigenvalue weighted by Gasteiger charge is -2.11. The van der Waals surface area contributed by atoms with Gasteiger partial charge in [0.05, 0.1) is 10.7 Å². The number of hydrogen-bond acceptors (Lipinski definition) is 3. The Balaban J connectivity index is 1.95. The maximum absolute atomic E-state index is 11.6. The zero-order valence-corrected chi connectivity index (χ0v) is 9.59. The van der Waals surface area contributed by atoms with E-state index < -0.39 is 0 Å². The lowest BCUT2D eigenvalue weighted by molar-refractivity contribution is -0.124. The number of aryl methyl sites for hydroxylation is 1. The molecule has 0 saturated carbocycles. The van der Waals surface area contributed by atoms with Crippen molar-refractivity contribution in [1.29, 1.82) is 0 Å². The van der Waals surface area contributed by atoms with Gasteiger partial charge in [0, 0.05) is 24.5 Å². The lowest BCUT2D eigenvalue weighted by Crippen LogP contribution is -2.25. The lowest BCUT2D eigenvalue weighted by atomic mass is 10.4. The number of carbonyl (C=O) groups excluding carboxylic acids is 1. The van der Waals surface area contributed by atoms with Crippen molar-refractivity contribution in [3.05, 3.63) is 22.2 Å². The van der Waals surface area contributed by atoms with E-state index in [0.717, 1.165) is 36.6 Å². The summed E-state index contributed by atoms with van der Waals surface area (Å²) in [4.78, 5) is 17.8. The first-order chi connectivity index (χ1) is 7.25. The average Bonchev–Trinajstić information content (AvgIpc) is 2.84. The van der Waals surface area contributed by atoms with Crippen LogP contribution in [0.3, 0.4) is 0 Å². The van der Waals surface area contributed by atoms with Crippen LogP contribution in [-0.4, -0.2) is 28.9 Å². The van der Waals surface area contributed by atoms with Crippen molar-refractivity contribution in [2.24, 2.45) is 0 Å². The molecular formula is C11H14N2OS. The van der Waals surface area contributed by atoms with Crippen LogP contribution in [0.4, 0.5) is 0 Å². The maximum atomic E-state index is 11.6.